The van der Waals surface area contributed by atoms with Gasteiger partial charge in [0.25, 0.3) is 0 Å². The lowest BCUT2D eigenvalue weighted by molar-refractivity contribution is -0.159. The van der Waals surface area contributed by atoms with Crippen LogP contribution in [0.15, 0.2) is 11.1 Å². The Labute approximate surface area is 218 Å². The zero-order valence-electron chi connectivity index (χ0n) is 23.0. The van der Waals surface area contributed by atoms with E-state index < -0.39 is 51.2 Å². The molecule has 5 unspecified atom stereocenters. The van der Waals surface area contributed by atoms with E-state index in [0.29, 0.717) is 43.3 Å². The standard InChI is InChI=1S/C30H40O7/c1-13-11-30(12-14(2)25(36)37-30)21-18(13)28(6)24(35)22(33)20-19(29(28,7)23(21)34)15(31)10-16-26(3,4)17(32)8-9-27(16,20)5/h13-16,18,21,24,31,35H,8-12H2,1-7H3/t13?,14?,15-,16?,18?,21-,24-,27+,28+,29-,30?/m1/s1. The molecule has 37 heavy (non-hydrogen) atoms. The van der Waals surface area contributed by atoms with Crippen molar-refractivity contribution in [1.82, 2.24) is 0 Å². The Morgan fingerprint density at radius 2 is 1.59 bits per heavy atom. The molecule has 11 atom stereocenters. The number of carbonyl (C=O) groups is 4. The van der Waals surface area contributed by atoms with Gasteiger partial charge in [-0.2, -0.15) is 0 Å². The third-order valence-electron chi connectivity index (χ3n) is 12.6. The molecule has 7 heteroatoms. The number of aliphatic hydroxyl groups is 2. The second-order valence-electron chi connectivity index (χ2n) is 14.5. The van der Waals surface area contributed by atoms with E-state index in [9.17, 15) is 29.4 Å². The minimum absolute atomic E-state index is 0.0567. The van der Waals surface area contributed by atoms with Gasteiger partial charge in [-0.15, -0.1) is 0 Å². The molecule has 6 aliphatic rings. The Balaban J connectivity index is 1.59. The average molecular weight is 513 g/mol. The summed E-state index contributed by atoms with van der Waals surface area (Å²) in [5.41, 5.74) is -4.01. The third kappa shape index (κ3) is 2.53. The molecule has 3 saturated carbocycles. The van der Waals surface area contributed by atoms with Crippen LogP contribution in [0.4, 0.5) is 0 Å². The first-order chi connectivity index (χ1) is 17.0. The monoisotopic (exact) mass is 512 g/mol. The van der Waals surface area contributed by atoms with E-state index in [0.717, 1.165) is 0 Å². The molecule has 202 valence electrons. The molecule has 1 saturated heterocycles. The molecule has 0 amide bonds. The Morgan fingerprint density at radius 3 is 2.19 bits per heavy atom. The summed E-state index contributed by atoms with van der Waals surface area (Å²) in [5.74, 6) is -2.38. The molecule has 0 bridgehead atoms. The number of ketones is 3. The van der Waals surface area contributed by atoms with Crippen LogP contribution in [-0.4, -0.2) is 51.3 Å². The lowest BCUT2D eigenvalue weighted by Crippen LogP contribution is -2.64. The van der Waals surface area contributed by atoms with Gasteiger partial charge in [-0.25, -0.2) is 0 Å². The predicted octanol–water partition coefficient (Wildman–Crippen LogP) is 3.19. The van der Waals surface area contributed by atoms with Crippen LogP contribution in [0, 0.1) is 51.2 Å². The van der Waals surface area contributed by atoms with Crippen molar-refractivity contribution >= 4 is 23.3 Å². The molecule has 0 aromatic carbocycles. The summed E-state index contributed by atoms with van der Waals surface area (Å²) in [6.45, 7) is 13.3. The third-order valence-corrected chi connectivity index (χ3v) is 12.6. The van der Waals surface area contributed by atoms with Crippen molar-refractivity contribution in [3.63, 3.8) is 0 Å². The number of aliphatic hydroxyl groups excluding tert-OH is 2. The van der Waals surface area contributed by atoms with Crippen molar-refractivity contribution in [1.29, 1.82) is 0 Å². The maximum Gasteiger partial charge on any atom is 0.309 e. The first-order valence-electron chi connectivity index (χ1n) is 14.0. The highest BCUT2D eigenvalue weighted by atomic mass is 16.6. The highest BCUT2D eigenvalue weighted by Crippen LogP contribution is 2.75. The van der Waals surface area contributed by atoms with Crippen LogP contribution in [0.25, 0.3) is 0 Å². The van der Waals surface area contributed by atoms with E-state index in [1.165, 1.54) is 0 Å². The quantitative estimate of drug-likeness (QED) is 0.479. The van der Waals surface area contributed by atoms with Crippen LogP contribution < -0.4 is 0 Å². The summed E-state index contributed by atoms with van der Waals surface area (Å²) in [6, 6.07) is 0. The Hall–Kier alpha value is -1.86. The van der Waals surface area contributed by atoms with Gasteiger partial charge in [-0.05, 0) is 49.5 Å². The van der Waals surface area contributed by atoms with Crippen molar-refractivity contribution in [2.45, 2.75) is 98.4 Å². The van der Waals surface area contributed by atoms with Gasteiger partial charge in [0.1, 0.15) is 17.5 Å². The number of Topliss-reactive ketones (excluding diaryl/α,β-unsaturated/α-hetero) is 3. The van der Waals surface area contributed by atoms with Gasteiger partial charge in [0.15, 0.2) is 11.6 Å². The number of esters is 1. The van der Waals surface area contributed by atoms with E-state index in [2.05, 4.69) is 0 Å². The van der Waals surface area contributed by atoms with Gasteiger partial charge < -0.3 is 14.9 Å². The van der Waals surface area contributed by atoms with Crippen LogP contribution in [-0.2, 0) is 23.9 Å². The fourth-order valence-corrected chi connectivity index (χ4v) is 10.8. The molecule has 7 nitrogen and oxygen atoms in total. The smallest absolute Gasteiger partial charge is 0.309 e. The first-order valence-corrected chi connectivity index (χ1v) is 14.0. The fraction of sp³-hybridized carbons (Fsp3) is 0.800. The summed E-state index contributed by atoms with van der Waals surface area (Å²) >= 11 is 0. The molecular weight excluding hydrogens is 472 g/mol. The maximum atomic E-state index is 14.8. The molecular formula is C30H40O7. The van der Waals surface area contributed by atoms with E-state index in [1.54, 1.807) is 0 Å². The summed E-state index contributed by atoms with van der Waals surface area (Å²) < 4.78 is 6.00. The maximum absolute atomic E-state index is 14.8. The first kappa shape index (κ1) is 25.4. The second-order valence-corrected chi connectivity index (χ2v) is 14.5. The Bertz CT molecular complexity index is 1200. The van der Waals surface area contributed by atoms with Crippen molar-refractivity contribution in [3.05, 3.63) is 11.1 Å². The largest absolute Gasteiger partial charge is 0.458 e. The van der Waals surface area contributed by atoms with E-state index >= 15 is 0 Å². The van der Waals surface area contributed by atoms with Crippen LogP contribution in [0.1, 0.15) is 80.6 Å². The number of rotatable bonds is 0. The molecule has 4 fully saturated rings. The molecule has 0 aromatic heterocycles. The molecule has 2 N–H and O–H groups in total. The van der Waals surface area contributed by atoms with Gasteiger partial charge >= 0.3 is 5.97 Å². The molecule has 1 aliphatic heterocycles. The molecule has 0 aromatic rings. The van der Waals surface area contributed by atoms with E-state index in [-0.39, 0.29) is 41.2 Å². The van der Waals surface area contributed by atoms with Crippen LogP contribution in [0.2, 0.25) is 0 Å². The fourth-order valence-electron chi connectivity index (χ4n) is 10.8. The number of fused-ring (bicyclic) bond motifs is 7. The van der Waals surface area contributed by atoms with E-state index in [1.807, 2.05) is 48.5 Å². The highest BCUT2D eigenvalue weighted by molar-refractivity contribution is 6.09. The van der Waals surface area contributed by atoms with Gasteiger partial charge in [-0.1, -0.05) is 41.5 Å². The summed E-state index contributed by atoms with van der Waals surface area (Å²) in [4.78, 5) is 54.5. The second kappa shape index (κ2) is 7.01. The number of hydrogen-bond acceptors (Lipinski definition) is 7. The van der Waals surface area contributed by atoms with Crippen molar-refractivity contribution in [3.8, 4) is 0 Å². The minimum atomic E-state index is -1.43. The normalized spacial score (nSPS) is 54.2. The number of carbonyl (C=O) groups excluding carboxylic acids is 4. The van der Waals surface area contributed by atoms with Crippen molar-refractivity contribution in [2.24, 2.45) is 51.2 Å². The average Bonchev–Trinajstić information content (AvgIpc) is 3.33. The van der Waals surface area contributed by atoms with Crippen LogP contribution >= 0.6 is 0 Å². The summed E-state index contributed by atoms with van der Waals surface area (Å²) in [5, 5.41) is 23.7. The molecule has 1 spiro atoms. The lowest BCUT2D eigenvalue weighted by atomic mass is 9.42. The summed E-state index contributed by atoms with van der Waals surface area (Å²) in [6.07, 6.45) is -0.460. The van der Waals surface area contributed by atoms with Gasteiger partial charge in [0.2, 0.25) is 0 Å². The van der Waals surface area contributed by atoms with Crippen molar-refractivity contribution in [2.75, 3.05) is 0 Å². The molecule has 5 aliphatic carbocycles. The zero-order chi connectivity index (χ0) is 27.2. The molecule has 6 rings (SSSR count). The van der Waals surface area contributed by atoms with Crippen molar-refractivity contribution < 1.29 is 34.1 Å². The SMILES string of the molecule is CC1CC2(CC(C)C3[C@@H]2C(=O)[C@@]2(C)C4=C(C(=O)[C@@H](O)[C@]32C)[C@@]2(C)CCC(=O)C(C)(C)C2C[C@H]4O)OC1=O. The predicted molar refractivity (Wildman–Crippen MR) is 133 cm³/mol. The minimum Gasteiger partial charge on any atom is -0.458 e. The molecule has 1 heterocycles. The highest BCUT2D eigenvalue weighted by Gasteiger charge is 2.81. The van der Waals surface area contributed by atoms with Gasteiger partial charge in [-0.3, -0.25) is 19.2 Å². The Kier molecular flexibility index (Phi) is 4.82. The lowest BCUT2D eigenvalue weighted by Gasteiger charge is -2.61. The van der Waals surface area contributed by atoms with E-state index in [4.69, 9.17) is 4.74 Å². The van der Waals surface area contributed by atoms with Gasteiger partial charge in [0, 0.05) is 34.7 Å². The molecule has 0 radical (unpaired) electrons. The van der Waals surface area contributed by atoms with Gasteiger partial charge in [0.05, 0.1) is 23.4 Å². The topological polar surface area (TPSA) is 118 Å². The zero-order valence-corrected chi connectivity index (χ0v) is 23.0. The number of ether oxygens (including phenoxy) is 1. The Morgan fingerprint density at radius 1 is 0.946 bits per heavy atom. The summed E-state index contributed by atoms with van der Waals surface area (Å²) in [7, 11) is 0. The van der Waals surface area contributed by atoms with Crippen LogP contribution in [0.3, 0.4) is 0 Å². The number of hydrogen-bond donors (Lipinski definition) is 2. The van der Waals surface area contributed by atoms with Crippen LogP contribution in [0.5, 0.6) is 0 Å².